The number of hydrogen-bond donors (Lipinski definition) is 1. The van der Waals surface area contributed by atoms with Gasteiger partial charge in [-0.25, -0.2) is 9.69 Å². The highest BCUT2D eigenvalue weighted by Crippen LogP contribution is 2.20. The van der Waals surface area contributed by atoms with E-state index in [-0.39, 0.29) is 63.7 Å². The fourth-order valence-corrected chi connectivity index (χ4v) is 3.06. The lowest BCUT2D eigenvalue weighted by Crippen LogP contribution is -2.32. The smallest absolute Gasteiger partial charge is 0.335 e. The maximum Gasteiger partial charge on any atom is 0.335 e. The number of hydrogen-bond acceptors (Lipinski definition) is 9. The first kappa shape index (κ1) is 24.7. The zero-order valence-electron chi connectivity index (χ0n) is 18.2. The van der Waals surface area contributed by atoms with Gasteiger partial charge in [0.05, 0.1) is 38.5 Å². The number of carbonyl (C=O) groups is 6. The van der Waals surface area contributed by atoms with Gasteiger partial charge in [-0.3, -0.25) is 24.0 Å². The molecule has 180 valence electrons. The van der Waals surface area contributed by atoms with Crippen LogP contribution in [0.1, 0.15) is 29.6 Å². The zero-order valence-corrected chi connectivity index (χ0v) is 18.2. The first-order chi connectivity index (χ1) is 16.4. The Balaban J connectivity index is 1.25. The Hall–Kier alpha value is -3.90. The summed E-state index contributed by atoms with van der Waals surface area (Å²) in [6.45, 7) is 0.870. The van der Waals surface area contributed by atoms with Crippen LogP contribution >= 0.6 is 0 Å². The molecule has 2 aliphatic heterocycles. The number of imide groups is 2. The van der Waals surface area contributed by atoms with Gasteiger partial charge in [0.2, 0.25) is 0 Å². The predicted octanol–water partition coefficient (Wildman–Crippen LogP) is -0.124. The van der Waals surface area contributed by atoms with Gasteiger partial charge in [-0.05, 0) is 18.2 Å². The molecule has 3 rings (SSSR count). The summed E-state index contributed by atoms with van der Waals surface area (Å²) in [5.41, 5.74) is 0.598. The van der Waals surface area contributed by atoms with Crippen molar-refractivity contribution in [2.24, 2.45) is 0 Å². The maximum absolute atomic E-state index is 12.3. The van der Waals surface area contributed by atoms with Crippen molar-refractivity contribution in [3.8, 4) is 0 Å². The lowest BCUT2D eigenvalue weighted by atomic mass is 10.1. The highest BCUT2D eigenvalue weighted by atomic mass is 16.7. The van der Waals surface area contributed by atoms with Gasteiger partial charge >= 0.3 is 5.97 Å². The molecule has 1 fully saturated rings. The van der Waals surface area contributed by atoms with E-state index in [9.17, 15) is 28.8 Å². The molecule has 2 aliphatic rings. The molecule has 1 N–H and O–H groups in total. The second-order valence-corrected chi connectivity index (χ2v) is 7.17. The molecule has 0 saturated carbocycles. The van der Waals surface area contributed by atoms with Crippen LogP contribution in [-0.4, -0.2) is 73.5 Å². The van der Waals surface area contributed by atoms with E-state index in [0.717, 1.165) is 4.90 Å². The van der Waals surface area contributed by atoms with Crippen molar-refractivity contribution in [2.45, 2.75) is 19.3 Å². The average Bonchev–Trinajstić information content (AvgIpc) is 3.32. The molecule has 1 aromatic carbocycles. The van der Waals surface area contributed by atoms with E-state index in [4.69, 9.17) is 14.3 Å². The molecule has 0 atom stereocenters. The third-order valence-electron chi connectivity index (χ3n) is 4.73. The number of amides is 5. The number of nitrogens with zero attached hydrogens (tertiary/aromatic N) is 2. The number of rotatable bonds is 12. The fourth-order valence-electron chi connectivity index (χ4n) is 3.06. The minimum absolute atomic E-state index is 0.0308. The topological polar surface area (TPSA) is 149 Å². The molecule has 0 bridgehead atoms. The highest BCUT2D eigenvalue weighted by Gasteiger charge is 2.32. The van der Waals surface area contributed by atoms with Crippen LogP contribution in [0.2, 0.25) is 0 Å². The fraction of sp³-hybridized carbons (Fsp3) is 0.364. The van der Waals surface area contributed by atoms with Gasteiger partial charge in [0.1, 0.15) is 0 Å². The number of ether oxygens (including phenoxy) is 2. The second-order valence-electron chi connectivity index (χ2n) is 7.17. The number of hydroxylamine groups is 2. The van der Waals surface area contributed by atoms with Crippen molar-refractivity contribution < 1.29 is 43.1 Å². The molecule has 34 heavy (non-hydrogen) atoms. The van der Waals surface area contributed by atoms with E-state index in [1.807, 2.05) is 0 Å². The average molecular weight is 473 g/mol. The van der Waals surface area contributed by atoms with Crippen LogP contribution in [0.15, 0.2) is 36.4 Å². The molecule has 1 saturated heterocycles. The SMILES string of the molecule is O=C(CCOCCOCCNC(=O)c1cccc(N2C(=O)C=CC2=O)c1)ON1C(=O)CCC1=O. The van der Waals surface area contributed by atoms with E-state index in [0.29, 0.717) is 10.8 Å². The van der Waals surface area contributed by atoms with Crippen LogP contribution in [0.4, 0.5) is 5.69 Å². The van der Waals surface area contributed by atoms with E-state index in [2.05, 4.69) is 5.32 Å². The molecular weight excluding hydrogens is 450 g/mol. The van der Waals surface area contributed by atoms with Gasteiger partial charge < -0.3 is 19.6 Å². The molecule has 0 spiro atoms. The van der Waals surface area contributed by atoms with Gasteiger partial charge in [0.25, 0.3) is 29.5 Å². The van der Waals surface area contributed by atoms with Crippen molar-refractivity contribution >= 4 is 41.2 Å². The molecule has 0 aliphatic carbocycles. The van der Waals surface area contributed by atoms with Crippen molar-refractivity contribution in [1.82, 2.24) is 10.4 Å². The number of nitrogens with one attached hydrogen (secondary N) is 1. The lowest BCUT2D eigenvalue weighted by Gasteiger charge is -2.14. The van der Waals surface area contributed by atoms with Crippen molar-refractivity contribution in [3.05, 3.63) is 42.0 Å². The molecule has 1 aromatic rings. The van der Waals surface area contributed by atoms with Gasteiger partial charge in [0.15, 0.2) is 0 Å². The van der Waals surface area contributed by atoms with Gasteiger partial charge in [-0.2, -0.15) is 0 Å². The van der Waals surface area contributed by atoms with Crippen LogP contribution in [0.5, 0.6) is 0 Å². The van der Waals surface area contributed by atoms with E-state index in [1.54, 1.807) is 18.2 Å². The predicted molar refractivity (Wildman–Crippen MR) is 114 cm³/mol. The molecule has 12 heteroatoms. The minimum Gasteiger partial charge on any atom is -0.378 e. The van der Waals surface area contributed by atoms with E-state index >= 15 is 0 Å². The zero-order chi connectivity index (χ0) is 24.5. The number of anilines is 1. The summed E-state index contributed by atoms with van der Waals surface area (Å²) in [6.07, 6.45) is 2.27. The highest BCUT2D eigenvalue weighted by molar-refractivity contribution is 6.28. The molecular formula is C22H23N3O9. The molecule has 5 amide bonds. The molecule has 0 aromatic heterocycles. The standard InChI is InChI=1S/C22H23N3O9/c26-17-4-5-18(27)24(17)16-3-1-2-15(14-16)22(31)23-9-11-33-13-12-32-10-8-21(30)34-25-19(28)6-7-20(25)29/h1-5,14H,6-13H2,(H,23,31). The third-order valence-corrected chi connectivity index (χ3v) is 4.73. The van der Waals surface area contributed by atoms with Gasteiger partial charge in [0, 0.05) is 37.1 Å². The summed E-state index contributed by atoms with van der Waals surface area (Å²) in [6, 6.07) is 6.15. The number of carbonyl (C=O) groups excluding carboxylic acids is 6. The van der Waals surface area contributed by atoms with E-state index in [1.165, 1.54) is 18.2 Å². The molecule has 12 nitrogen and oxygen atoms in total. The van der Waals surface area contributed by atoms with E-state index < -0.39 is 29.6 Å². The van der Waals surface area contributed by atoms with Crippen molar-refractivity contribution in [2.75, 3.05) is 37.9 Å². The molecule has 2 heterocycles. The maximum atomic E-state index is 12.3. The quantitative estimate of drug-likeness (QED) is 0.324. The Morgan fingerprint density at radius 1 is 0.882 bits per heavy atom. The van der Waals surface area contributed by atoms with Crippen molar-refractivity contribution in [3.63, 3.8) is 0 Å². The molecule has 0 radical (unpaired) electrons. The molecule has 0 unspecified atom stereocenters. The summed E-state index contributed by atoms with van der Waals surface area (Å²) in [5.74, 6) is -3.14. The van der Waals surface area contributed by atoms with Gasteiger partial charge in [-0.15, -0.1) is 5.06 Å². The first-order valence-electron chi connectivity index (χ1n) is 10.5. The Labute approximate surface area is 194 Å². The van der Waals surface area contributed by atoms with Gasteiger partial charge in [-0.1, -0.05) is 6.07 Å². The van der Waals surface area contributed by atoms with Crippen LogP contribution in [0.3, 0.4) is 0 Å². The summed E-state index contributed by atoms with van der Waals surface area (Å²) >= 11 is 0. The third kappa shape index (κ3) is 6.56. The van der Waals surface area contributed by atoms with Crippen LogP contribution < -0.4 is 10.2 Å². The number of benzene rings is 1. The normalized spacial score (nSPS) is 15.4. The van der Waals surface area contributed by atoms with Crippen molar-refractivity contribution in [1.29, 1.82) is 0 Å². The Kier molecular flexibility index (Phi) is 8.60. The summed E-state index contributed by atoms with van der Waals surface area (Å²) in [5, 5.41) is 3.15. The van der Waals surface area contributed by atoms with Crippen LogP contribution in [-0.2, 0) is 38.3 Å². The summed E-state index contributed by atoms with van der Waals surface area (Å²) in [4.78, 5) is 75.9. The van der Waals surface area contributed by atoms with Crippen LogP contribution in [0.25, 0.3) is 0 Å². The van der Waals surface area contributed by atoms with Crippen LogP contribution in [0, 0.1) is 0 Å². The summed E-state index contributed by atoms with van der Waals surface area (Å²) in [7, 11) is 0. The Morgan fingerprint density at radius 3 is 2.21 bits per heavy atom. The summed E-state index contributed by atoms with van der Waals surface area (Å²) < 4.78 is 10.6. The monoisotopic (exact) mass is 473 g/mol. The lowest BCUT2D eigenvalue weighted by molar-refractivity contribution is -0.198. The Morgan fingerprint density at radius 2 is 1.53 bits per heavy atom. The largest absolute Gasteiger partial charge is 0.378 e. The Bertz CT molecular complexity index is 987. The minimum atomic E-state index is -0.744. The first-order valence-corrected chi connectivity index (χ1v) is 10.5. The second kappa shape index (κ2) is 11.8.